The Bertz CT molecular complexity index is 1350. The van der Waals surface area contributed by atoms with Crippen molar-refractivity contribution >= 4 is 16.3 Å². The molecule has 2 atom stereocenters. The van der Waals surface area contributed by atoms with E-state index in [9.17, 15) is 18.0 Å². The summed E-state index contributed by atoms with van der Waals surface area (Å²) in [6.07, 6.45) is -2.53. The lowest BCUT2D eigenvalue weighted by molar-refractivity contribution is -0.183. The predicted octanol–water partition coefficient (Wildman–Crippen LogP) is 5.64. The van der Waals surface area contributed by atoms with Gasteiger partial charge in [-0.3, -0.25) is 4.79 Å². The normalized spacial score (nSPS) is 19.6. The van der Waals surface area contributed by atoms with E-state index in [2.05, 4.69) is 9.97 Å². The summed E-state index contributed by atoms with van der Waals surface area (Å²) in [5.41, 5.74) is 1.31. The number of nitrogens with one attached hydrogen (secondary N) is 1. The van der Waals surface area contributed by atoms with Gasteiger partial charge in [-0.2, -0.15) is 13.2 Å². The summed E-state index contributed by atoms with van der Waals surface area (Å²) in [6, 6.07) is 13.5. The molecule has 1 fully saturated rings. The van der Waals surface area contributed by atoms with Crippen LogP contribution in [0.5, 0.6) is 0 Å². The third kappa shape index (κ3) is 3.47. The standard InChI is InChI=1S/C24H23F3N4O/c1-2-19-20-23(32)29-21(18-12-6-8-14-7-3-4-11-17(14)18)30-31(20)22(28-19)15-9-5-10-16(13-15)24(25,26)27/h3-4,6-8,11-12,15-16H,2,5,9-10,13H2,1H3,(H,29,30,32). The van der Waals surface area contributed by atoms with Gasteiger partial charge in [-0.05, 0) is 36.5 Å². The van der Waals surface area contributed by atoms with E-state index in [1.165, 1.54) is 4.52 Å². The fourth-order valence-electron chi connectivity index (χ4n) is 4.88. The number of hydrogen-bond donors (Lipinski definition) is 1. The molecular weight excluding hydrogens is 417 g/mol. The van der Waals surface area contributed by atoms with E-state index in [1.54, 1.807) is 0 Å². The van der Waals surface area contributed by atoms with Gasteiger partial charge in [-0.25, -0.2) is 9.50 Å². The van der Waals surface area contributed by atoms with Gasteiger partial charge in [0.15, 0.2) is 11.3 Å². The maximum Gasteiger partial charge on any atom is 0.391 e. The SMILES string of the molecule is CCc1nc(C2CCCC(C(F)(F)F)C2)n2nc(-c3cccc4ccccc34)[nH]c(=O)c12. The highest BCUT2D eigenvalue weighted by Crippen LogP contribution is 2.43. The maximum absolute atomic E-state index is 13.4. The van der Waals surface area contributed by atoms with Gasteiger partial charge < -0.3 is 4.98 Å². The van der Waals surface area contributed by atoms with Crippen molar-refractivity contribution in [3.63, 3.8) is 0 Å². The highest BCUT2D eigenvalue weighted by molar-refractivity contribution is 5.94. The van der Waals surface area contributed by atoms with Gasteiger partial charge in [-0.1, -0.05) is 55.8 Å². The smallest absolute Gasteiger partial charge is 0.303 e. The van der Waals surface area contributed by atoms with Crippen LogP contribution in [-0.2, 0) is 6.42 Å². The number of aryl methyl sites for hydroxylation is 1. The molecule has 1 saturated carbocycles. The average molecular weight is 440 g/mol. The maximum atomic E-state index is 13.4. The number of aromatic nitrogens is 4. The number of imidazole rings is 1. The van der Waals surface area contributed by atoms with Crippen LogP contribution in [0.4, 0.5) is 13.2 Å². The Labute approximate surface area is 182 Å². The second-order valence-electron chi connectivity index (χ2n) is 8.46. The van der Waals surface area contributed by atoms with E-state index in [0.29, 0.717) is 42.1 Å². The molecule has 2 unspecified atom stereocenters. The van der Waals surface area contributed by atoms with Crippen LogP contribution >= 0.6 is 0 Å². The van der Waals surface area contributed by atoms with Gasteiger partial charge in [0.1, 0.15) is 5.82 Å². The predicted molar refractivity (Wildman–Crippen MR) is 117 cm³/mol. The van der Waals surface area contributed by atoms with Crippen molar-refractivity contribution in [3.8, 4) is 11.4 Å². The number of rotatable bonds is 3. The number of hydrogen-bond acceptors (Lipinski definition) is 3. The number of halogens is 3. The van der Waals surface area contributed by atoms with Crippen molar-refractivity contribution in [1.29, 1.82) is 0 Å². The van der Waals surface area contributed by atoms with Crippen LogP contribution in [0, 0.1) is 5.92 Å². The summed E-state index contributed by atoms with van der Waals surface area (Å²) in [4.78, 5) is 20.6. The molecule has 2 heterocycles. The number of aromatic amines is 1. The summed E-state index contributed by atoms with van der Waals surface area (Å²) in [5, 5.41) is 6.65. The molecule has 1 aliphatic rings. The molecule has 32 heavy (non-hydrogen) atoms. The van der Waals surface area contributed by atoms with Crippen LogP contribution in [-0.4, -0.2) is 25.8 Å². The first kappa shape index (κ1) is 20.7. The molecule has 0 spiro atoms. The molecule has 166 valence electrons. The number of fused-ring (bicyclic) bond motifs is 2. The minimum atomic E-state index is -4.22. The number of benzene rings is 2. The Balaban J connectivity index is 1.69. The lowest BCUT2D eigenvalue weighted by Crippen LogP contribution is -2.29. The molecule has 5 rings (SSSR count). The molecule has 1 aliphatic carbocycles. The first-order valence-electron chi connectivity index (χ1n) is 10.9. The average Bonchev–Trinajstić information content (AvgIpc) is 3.17. The molecule has 5 nitrogen and oxygen atoms in total. The molecule has 0 saturated heterocycles. The molecule has 1 N–H and O–H groups in total. The zero-order valence-corrected chi connectivity index (χ0v) is 17.6. The molecule has 0 bridgehead atoms. The van der Waals surface area contributed by atoms with E-state index >= 15 is 0 Å². The van der Waals surface area contributed by atoms with Crippen molar-refractivity contribution < 1.29 is 13.2 Å². The number of alkyl halides is 3. The third-order valence-corrected chi connectivity index (χ3v) is 6.48. The van der Waals surface area contributed by atoms with Crippen LogP contribution in [0.2, 0.25) is 0 Å². The van der Waals surface area contributed by atoms with Gasteiger partial charge in [0.2, 0.25) is 0 Å². The van der Waals surface area contributed by atoms with E-state index in [-0.39, 0.29) is 18.4 Å². The molecule has 2 aromatic carbocycles. The number of nitrogens with zero attached hydrogens (tertiary/aromatic N) is 3. The first-order valence-corrected chi connectivity index (χ1v) is 10.9. The topological polar surface area (TPSA) is 63.1 Å². The summed E-state index contributed by atoms with van der Waals surface area (Å²) in [7, 11) is 0. The van der Waals surface area contributed by atoms with Crippen LogP contribution in [0.15, 0.2) is 47.3 Å². The minimum absolute atomic E-state index is 0.0240. The van der Waals surface area contributed by atoms with Crippen molar-refractivity contribution in [3.05, 3.63) is 64.3 Å². The molecule has 0 radical (unpaired) electrons. The zero-order chi connectivity index (χ0) is 22.5. The minimum Gasteiger partial charge on any atom is -0.303 e. The number of H-pyrrole nitrogens is 1. The van der Waals surface area contributed by atoms with Crippen molar-refractivity contribution in [1.82, 2.24) is 19.6 Å². The van der Waals surface area contributed by atoms with Gasteiger partial charge in [0.25, 0.3) is 5.56 Å². The van der Waals surface area contributed by atoms with Gasteiger partial charge in [0, 0.05) is 11.5 Å². The lowest BCUT2D eigenvalue weighted by atomic mass is 9.80. The summed E-state index contributed by atoms with van der Waals surface area (Å²) in [6.45, 7) is 1.88. The monoisotopic (exact) mass is 440 g/mol. The Hall–Kier alpha value is -3.16. The molecular formula is C24H23F3N4O. The van der Waals surface area contributed by atoms with E-state index < -0.39 is 18.0 Å². The molecule has 4 aromatic rings. The Morgan fingerprint density at radius 2 is 1.91 bits per heavy atom. The van der Waals surface area contributed by atoms with Crippen molar-refractivity contribution in [2.75, 3.05) is 0 Å². The fraction of sp³-hybridized carbons (Fsp3) is 0.375. The van der Waals surface area contributed by atoms with Gasteiger partial charge in [-0.15, -0.1) is 5.10 Å². The van der Waals surface area contributed by atoms with E-state index in [4.69, 9.17) is 5.10 Å². The summed E-state index contributed by atoms with van der Waals surface area (Å²) in [5.74, 6) is -0.904. The van der Waals surface area contributed by atoms with Crippen LogP contribution in [0.3, 0.4) is 0 Å². The van der Waals surface area contributed by atoms with Gasteiger partial charge >= 0.3 is 6.18 Å². The second-order valence-corrected chi connectivity index (χ2v) is 8.46. The summed E-state index contributed by atoms with van der Waals surface area (Å²) < 4.78 is 41.7. The highest BCUT2D eigenvalue weighted by Gasteiger charge is 2.43. The van der Waals surface area contributed by atoms with Crippen molar-refractivity contribution in [2.45, 2.75) is 51.1 Å². The van der Waals surface area contributed by atoms with Gasteiger partial charge in [0.05, 0.1) is 11.6 Å². The van der Waals surface area contributed by atoms with E-state index in [0.717, 1.165) is 16.3 Å². The Morgan fingerprint density at radius 1 is 1.12 bits per heavy atom. The Kier molecular flexibility index (Phi) is 5.03. The first-order chi connectivity index (χ1) is 15.4. The lowest BCUT2D eigenvalue weighted by Gasteiger charge is -2.29. The Morgan fingerprint density at radius 3 is 2.69 bits per heavy atom. The zero-order valence-electron chi connectivity index (χ0n) is 17.6. The van der Waals surface area contributed by atoms with E-state index in [1.807, 2.05) is 49.4 Å². The molecule has 0 aliphatic heterocycles. The van der Waals surface area contributed by atoms with Crippen molar-refractivity contribution in [2.24, 2.45) is 5.92 Å². The largest absolute Gasteiger partial charge is 0.391 e. The summed E-state index contributed by atoms with van der Waals surface area (Å²) >= 11 is 0. The second kappa shape index (κ2) is 7.76. The molecule has 8 heteroatoms. The molecule has 0 amide bonds. The fourth-order valence-corrected chi connectivity index (χ4v) is 4.88. The van der Waals surface area contributed by atoms with Crippen LogP contribution < -0.4 is 5.56 Å². The molecule has 2 aromatic heterocycles. The van der Waals surface area contributed by atoms with Crippen LogP contribution in [0.25, 0.3) is 27.7 Å². The quantitative estimate of drug-likeness (QED) is 0.449. The third-order valence-electron chi connectivity index (χ3n) is 6.48. The highest BCUT2D eigenvalue weighted by atomic mass is 19.4. The van der Waals surface area contributed by atoms with Crippen LogP contribution in [0.1, 0.15) is 50.0 Å².